The van der Waals surface area contributed by atoms with E-state index in [0.29, 0.717) is 25.5 Å². The van der Waals surface area contributed by atoms with E-state index in [1.54, 1.807) is 4.68 Å². The summed E-state index contributed by atoms with van der Waals surface area (Å²) >= 11 is 0. The molecular weight excluding hydrogens is 368 g/mol. The molecule has 7 heteroatoms. The number of ether oxygens (including phenoxy) is 1. The first-order valence-corrected chi connectivity index (χ1v) is 9.90. The molecule has 1 saturated heterocycles. The first-order chi connectivity index (χ1) is 14.1. The van der Waals surface area contributed by atoms with E-state index in [4.69, 9.17) is 9.15 Å². The van der Waals surface area contributed by atoms with Crippen LogP contribution in [-0.4, -0.2) is 53.4 Å². The van der Waals surface area contributed by atoms with Crippen molar-refractivity contribution in [3.63, 3.8) is 0 Å². The van der Waals surface area contributed by atoms with Crippen molar-refractivity contribution in [2.45, 2.75) is 19.9 Å². The second kappa shape index (κ2) is 8.63. The molecule has 1 unspecified atom stereocenters. The lowest BCUT2D eigenvalue weighted by molar-refractivity contribution is 0.0117. The Morgan fingerprint density at radius 2 is 1.90 bits per heavy atom. The zero-order chi connectivity index (χ0) is 20.2. The van der Waals surface area contributed by atoms with Gasteiger partial charge in [0.2, 0.25) is 0 Å². The second-order valence-electron chi connectivity index (χ2n) is 7.24. The van der Waals surface area contributed by atoms with Crippen LogP contribution >= 0.6 is 0 Å². The third-order valence-electron chi connectivity index (χ3n) is 5.15. The SMILES string of the molecule is Cc1ccc(C(CNC(=O)c2cc(C)n(-c3ccccc3)n2)N2CCOCC2)o1. The molecule has 7 nitrogen and oxygen atoms in total. The van der Waals surface area contributed by atoms with E-state index >= 15 is 0 Å². The first kappa shape index (κ1) is 19.4. The molecule has 29 heavy (non-hydrogen) atoms. The van der Waals surface area contributed by atoms with Crippen LogP contribution in [0.15, 0.2) is 52.9 Å². The highest BCUT2D eigenvalue weighted by atomic mass is 16.5. The maximum Gasteiger partial charge on any atom is 0.271 e. The summed E-state index contributed by atoms with van der Waals surface area (Å²) < 4.78 is 13.1. The number of aryl methyl sites for hydroxylation is 2. The Labute approximate surface area is 170 Å². The number of amides is 1. The quantitative estimate of drug-likeness (QED) is 0.696. The summed E-state index contributed by atoms with van der Waals surface area (Å²) in [7, 11) is 0. The van der Waals surface area contributed by atoms with Gasteiger partial charge in [0, 0.05) is 25.3 Å². The van der Waals surface area contributed by atoms with Crippen molar-refractivity contribution >= 4 is 5.91 Å². The van der Waals surface area contributed by atoms with Crippen molar-refractivity contribution in [1.82, 2.24) is 20.0 Å². The monoisotopic (exact) mass is 394 g/mol. The van der Waals surface area contributed by atoms with Gasteiger partial charge in [-0.2, -0.15) is 5.10 Å². The maximum absolute atomic E-state index is 12.8. The largest absolute Gasteiger partial charge is 0.465 e. The second-order valence-corrected chi connectivity index (χ2v) is 7.24. The molecule has 0 radical (unpaired) electrons. The molecule has 3 aromatic rings. The maximum atomic E-state index is 12.8. The highest BCUT2D eigenvalue weighted by Crippen LogP contribution is 2.23. The molecule has 3 heterocycles. The van der Waals surface area contributed by atoms with Gasteiger partial charge in [-0.1, -0.05) is 18.2 Å². The zero-order valence-electron chi connectivity index (χ0n) is 16.8. The highest BCUT2D eigenvalue weighted by Gasteiger charge is 2.26. The Morgan fingerprint density at radius 3 is 2.59 bits per heavy atom. The summed E-state index contributed by atoms with van der Waals surface area (Å²) in [5, 5.41) is 7.53. The molecule has 152 valence electrons. The van der Waals surface area contributed by atoms with Crippen molar-refractivity contribution in [2.24, 2.45) is 0 Å². The van der Waals surface area contributed by atoms with E-state index in [2.05, 4.69) is 15.3 Å². The van der Waals surface area contributed by atoms with Crippen LogP contribution < -0.4 is 5.32 Å². The molecule has 1 aromatic carbocycles. The third kappa shape index (κ3) is 4.41. The molecule has 2 aromatic heterocycles. The Bertz CT molecular complexity index is 958. The number of para-hydroxylation sites is 1. The van der Waals surface area contributed by atoms with E-state index in [0.717, 1.165) is 36.0 Å². The molecular formula is C22H26N4O3. The van der Waals surface area contributed by atoms with Gasteiger partial charge in [0.05, 0.1) is 24.9 Å². The van der Waals surface area contributed by atoms with Gasteiger partial charge in [-0.3, -0.25) is 9.69 Å². The van der Waals surface area contributed by atoms with Crippen molar-refractivity contribution < 1.29 is 13.9 Å². The number of morpholine rings is 1. The highest BCUT2D eigenvalue weighted by molar-refractivity contribution is 5.92. The number of nitrogens with zero attached hydrogens (tertiary/aromatic N) is 3. The average Bonchev–Trinajstić information content (AvgIpc) is 3.35. The minimum absolute atomic E-state index is 0.0335. The Morgan fingerprint density at radius 1 is 1.14 bits per heavy atom. The summed E-state index contributed by atoms with van der Waals surface area (Å²) in [6.45, 7) is 7.30. The topological polar surface area (TPSA) is 72.5 Å². The van der Waals surface area contributed by atoms with Crippen LogP contribution in [0.5, 0.6) is 0 Å². The molecule has 0 bridgehead atoms. The molecule has 1 fully saturated rings. The summed E-state index contributed by atoms with van der Waals surface area (Å²) in [6, 6.07) is 15.5. The molecule has 4 rings (SSSR count). The molecule has 0 saturated carbocycles. The molecule has 1 amide bonds. The van der Waals surface area contributed by atoms with Crippen LogP contribution in [0.4, 0.5) is 0 Å². The lowest BCUT2D eigenvalue weighted by atomic mass is 10.1. The van der Waals surface area contributed by atoms with E-state index in [1.165, 1.54) is 0 Å². The van der Waals surface area contributed by atoms with Crippen LogP contribution in [0.3, 0.4) is 0 Å². The summed E-state index contributed by atoms with van der Waals surface area (Å²) in [5.41, 5.74) is 2.25. The minimum atomic E-state index is -0.190. The molecule has 1 aliphatic heterocycles. The third-order valence-corrected chi connectivity index (χ3v) is 5.15. The van der Waals surface area contributed by atoms with Gasteiger partial charge in [-0.05, 0) is 44.2 Å². The van der Waals surface area contributed by atoms with Crippen molar-refractivity contribution in [3.8, 4) is 5.69 Å². The van der Waals surface area contributed by atoms with Gasteiger partial charge in [-0.15, -0.1) is 0 Å². The fourth-order valence-electron chi connectivity index (χ4n) is 3.63. The fourth-order valence-corrected chi connectivity index (χ4v) is 3.63. The van der Waals surface area contributed by atoms with E-state index in [9.17, 15) is 4.79 Å². The molecule has 0 spiro atoms. The lowest BCUT2D eigenvalue weighted by Gasteiger charge is -2.33. The Kier molecular flexibility index (Phi) is 5.78. The average molecular weight is 394 g/mol. The zero-order valence-corrected chi connectivity index (χ0v) is 16.8. The Balaban J connectivity index is 1.48. The molecule has 1 aliphatic rings. The number of hydrogen-bond donors (Lipinski definition) is 1. The number of hydrogen-bond acceptors (Lipinski definition) is 5. The summed E-state index contributed by atoms with van der Waals surface area (Å²) in [4.78, 5) is 15.1. The van der Waals surface area contributed by atoms with Gasteiger partial charge in [0.15, 0.2) is 5.69 Å². The lowest BCUT2D eigenvalue weighted by Crippen LogP contribution is -2.43. The fraction of sp³-hybridized carbons (Fsp3) is 0.364. The van der Waals surface area contributed by atoms with E-state index in [1.807, 2.05) is 62.4 Å². The number of nitrogens with one attached hydrogen (secondary N) is 1. The number of carbonyl (C=O) groups is 1. The normalized spacial score (nSPS) is 15.9. The van der Waals surface area contributed by atoms with Gasteiger partial charge < -0.3 is 14.5 Å². The number of aromatic nitrogens is 2. The minimum Gasteiger partial charge on any atom is -0.465 e. The molecule has 1 atom stereocenters. The van der Waals surface area contributed by atoms with Crippen LogP contribution in [0.1, 0.15) is 33.7 Å². The van der Waals surface area contributed by atoms with Gasteiger partial charge in [0.25, 0.3) is 5.91 Å². The summed E-state index contributed by atoms with van der Waals surface area (Å²) in [6.07, 6.45) is 0. The van der Waals surface area contributed by atoms with Crippen LogP contribution in [0, 0.1) is 13.8 Å². The smallest absolute Gasteiger partial charge is 0.271 e. The number of carbonyl (C=O) groups excluding carboxylic acids is 1. The van der Waals surface area contributed by atoms with Gasteiger partial charge in [0.1, 0.15) is 11.5 Å². The van der Waals surface area contributed by atoms with Gasteiger partial charge in [-0.25, -0.2) is 4.68 Å². The molecule has 1 N–H and O–H groups in total. The van der Waals surface area contributed by atoms with Crippen molar-refractivity contribution in [3.05, 3.63) is 71.4 Å². The Hall–Kier alpha value is -2.90. The van der Waals surface area contributed by atoms with Crippen LogP contribution in [0.2, 0.25) is 0 Å². The van der Waals surface area contributed by atoms with Gasteiger partial charge >= 0.3 is 0 Å². The van der Waals surface area contributed by atoms with Crippen LogP contribution in [-0.2, 0) is 4.74 Å². The summed E-state index contributed by atoms with van der Waals surface area (Å²) in [5.74, 6) is 1.53. The van der Waals surface area contributed by atoms with Crippen molar-refractivity contribution in [2.75, 3.05) is 32.8 Å². The number of furan rings is 1. The van der Waals surface area contributed by atoms with E-state index < -0.39 is 0 Å². The van der Waals surface area contributed by atoms with E-state index in [-0.39, 0.29) is 11.9 Å². The number of benzene rings is 1. The number of rotatable bonds is 6. The predicted molar refractivity (Wildman–Crippen MR) is 109 cm³/mol. The predicted octanol–water partition coefficient (Wildman–Crippen LogP) is 2.89. The van der Waals surface area contributed by atoms with Crippen LogP contribution in [0.25, 0.3) is 5.69 Å². The standard InChI is InChI=1S/C22H26N4O3/c1-16-14-19(24-26(16)18-6-4-3-5-7-18)22(27)23-15-20(21-9-8-17(2)29-21)25-10-12-28-13-11-25/h3-9,14,20H,10-13,15H2,1-2H3,(H,23,27). The molecule has 0 aliphatic carbocycles. The first-order valence-electron chi connectivity index (χ1n) is 9.90. The van der Waals surface area contributed by atoms with Crippen molar-refractivity contribution in [1.29, 1.82) is 0 Å².